The molecule has 1 aromatic rings. The van der Waals surface area contributed by atoms with Crippen LogP contribution < -0.4 is 10.1 Å². The molecule has 0 aromatic heterocycles. The van der Waals surface area contributed by atoms with Gasteiger partial charge in [-0.25, -0.2) is 0 Å². The van der Waals surface area contributed by atoms with Gasteiger partial charge in [-0.05, 0) is 70.4 Å². The smallest absolute Gasteiger partial charge is 0.119 e. The highest BCUT2D eigenvalue weighted by atomic mass is 16.5. The van der Waals surface area contributed by atoms with Crippen molar-refractivity contribution in [2.24, 2.45) is 5.92 Å². The third-order valence-electron chi connectivity index (χ3n) is 4.58. The fourth-order valence-corrected chi connectivity index (χ4v) is 3.07. The van der Waals surface area contributed by atoms with Crippen molar-refractivity contribution in [1.29, 1.82) is 0 Å². The van der Waals surface area contributed by atoms with Crippen LogP contribution in [0, 0.1) is 5.92 Å². The Morgan fingerprint density at radius 3 is 2.60 bits per heavy atom. The monoisotopic (exact) mass is 276 g/mol. The molecule has 1 aliphatic rings. The van der Waals surface area contributed by atoms with Crippen molar-refractivity contribution in [2.45, 2.75) is 38.8 Å². The molecule has 1 aromatic carbocycles. The van der Waals surface area contributed by atoms with Gasteiger partial charge in [0.25, 0.3) is 0 Å². The molecule has 1 N–H and O–H groups in total. The Kier molecular flexibility index (Phi) is 5.44. The molecular weight excluding hydrogens is 248 g/mol. The van der Waals surface area contributed by atoms with Crippen molar-refractivity contribution in [3.05, 3.63) is 29.8 Å². The molecule has 1 saturated heterocycles. The van der Waals surface area contributed by atoms with E-state index in [9.17, 15) is 0 Å². The van der Waals surface area contributed by atoms with Crippen LogP contribution in [0.4, 0.5) is 0 Å². The highest BCUT2D eigenvalue weighted by molar-refractivity contribution is 5.30. The zero-order valence-electron chi connectivity index (χ0n) is 13.2. The van der Waals surface area contributed by atoms with Crippen LogP contribution in [0.2, 0.25) is 0 Å². The first kappa shape index (κ1) is 15.3. The van der Waals surface area contributed by atoms with Crippen LogP contribution in [0.25, 0.3) is 0 Å². The van der Waals surface area contributed by atoms with Crippen LogP contribution in [-0.4, -0.2) is 38.2 Å². The molecule has 3 heteroatoms. The largest absolute Gasteiger partial charge is 0.497 e. The minimum absolute atomic E-state index is 0.361. The average molecular weight is 276 g/mol. The summed E-state index contributed by atoms with van der Waals surface area (Å²) < 4.78 is 5.30. The van der Waals surface area contributed by atoms with Gasteiger partial charge in [0.15, 0.2) is 0 Å². The third kappa shape index (κ3) is 3.97. The third-order valence-corrected chi connectivity index (χ3v) is 4.58. The lowest BCUT2D eigenvalue weighted by Gasteiger charge is -2.34. The number of hydrogen-bond donors (Lipinski definition) is 1. The van der Waals surface area contributed by atoms with E-state index in [0.29, 0.717) is 12.1 Å². The normalized spacial score (nSPS) is 20.6. The highest BCUT2D eigenvalue weighted by Crippen LogP contribution is 2.24. The van der Waals surface area contributed by atoms with E-state index in [1.165, 1.54) is 31.5 Å². The van der Waals surface area contributed by atoms with Crippen LogP contribution in [-0.2, 0) is 0 Å². The number of piperidine rings is 1. The van der Waals surface area contributed by atoms with Crippen LogP contribution in [0.5, 0.6) is 5.75 Å². The Hall–Kier alpha value is -1.06. The van der Waals surface area contributed by atoms with Gasteiger partial charge in [-0.2, -0.15) is 0 Å². The number of nitrogens with zero attached hydrogens (tertiary/aromatic N) is 1. The van der Waals surface area contributed by atoms with Gasteiger partial charge >= 0.3 is 0 Å². The van der Waals surface area contributed by atoms with Crippen molar-refractivity contribution in [3.8, 4) is 5.75 Å². The van der Waals surface area contributed by atoms with Gasteiger partial charge < -0.3 is 15.0 Å². The highest BCUT2D eigenvalue weighted by Gasteiger charge is 2.23. The Balaban J connectivity index is 1.91. The summed E-state index contributed by atoms with van der Waals surface area (Å²) in [4.78, 5) is 2.43. The molecule has 1 unspecified atom stereocenters. The number of nitrogens with one attached hydrogen (secondary N) is 1. The molecule has 0 bridgehead atoms. The number of methoxy groups -OCH3 is 1. The van der Waals surface area contributed by atoms with E-state index in [1.54, 1.807) is 7.11 Å². The van der Waals surface area contributed by atoms with Gasteiger partial charge in [0, 0.05) is 12.1 Å². The molecule has 0 aliphatic carbocycles. The van der Waals surface area contributed by atoms with E-state index in [4.69, 9.17) is 4.74 Å². The molecule has 0 saturated carbocycles. The summed E-state index contributed by atoms with van der Waals surface area (Å²) in [5, 5.41) is 3.76. The van der Waals surface area contributed by atoms with E-state index in [-0.39, 0.29) is 0 Å². The summed E-state index contributed by atoms with van der Waals surface area (Å²) in [6.45, 7) is 7.02. The molecular formula is C17H28N2O. The van der Waals surface area contributed by atoms with Gasteiger partial charge in [-0.1, -0.05) is 12.1 Å². The van der Waals surface area contributed by atoms with Crippen molar-refractivity contribution in [2.75, 3.05) is 27.2 Å². The lowest BCUT2D eigenvalue weighted by Crippen LogP contribution is -2.41. The Morgan fingerprint density at radius 2 is 1.95 bits per heavy atom. The van der Waals surface area contributed by atoms with E-state index < -0.39 is 0 Å². The van der Waals surface area contributed by atoms with E-state index in [1.807, 2.05) is 6.07 Å². The second kappa shape index (κ2) is 7.09. The molecule has 0 radical (unpaired) electrons. The Labute approximate surface area is 123 Å². The van der Waals surface area contributed by atoms with Crippen LogP contribution in [0.1, 0.15) is 38.3 Å². The summed E-state index contributed by atoms with van der Waals surface area (Å²) in [5.74, 6) is 1.72. The first-order valence-electron chi connectivity index (χ1n) is 7.68. The van der Waals surface area contributed by atoms with E-state index in [2.05, 4.69) is 49.3 Å². The second-order valence-electron chi connectivity index (χ2n) is 6.09. The minimum atomic E-state index is 0.361. The lowest BCUT2D eigenvalue weighted by atomic mass is 9.90. The van der Waals surface area contributed by atoms with Gasteiger partial charge in [-0.15, -0.1) is 0 Å². The van der Waals surface area contributed by atoms with Gasteiger partial charge in [0.2, 0.25) is 0 Å². The molecule has 0 spiro atoms. The van der Waals surface area contributed by atoms with Crippen molar-refractivity contribution >= 4 is 0 Å². The number of ether oxygens (including phenoxy) is 1. The fraction of sp³-hybridized carbons (Fsp3) is 0.647. The number of hydrogen-bond acceptors (Lipinski definition) is 3. The summed E-state index contributed by atoms with van der Waals surface area (Å²) in [6, 6.07) is 9.27. The van der Waals surface area contributed by atoms with Crippen LogP contribution in [0.3, 0.4) is 0 Å². The average Bonchev–Trinajstić information content (AvgIpc) is 2.47. The molecule has 1 fully saturated rings. The maximum absolute atomic E-state index is 5.30. The first-order valence-corrected chi connectivity index (χ1v) is 7.68. The predicted molar refractivity (Wildman–Crippen MR) is 84.2 cm³/mol. The van der Waals surface area contributed by atoms with Gasteiger partial charge in [-0.3, -0.25) is 0 Å². The molecule has 20 heavy (non-hydrogen) atoms. The van der Waals surface area contributed by atoms with Gasteiger partial charge in [0.1, 0.15) is 5.75 Å². The van der Waals surface area contributed by atoms with Crippen molar-refractivity contribution < 1.29 is 4.74 Å². The molecule has 1 heterocycles. The summed E-state index contributed by atoms with van der Waals surface area (Å²) >= 11 is 0. The molecule has 112 valence electrons. The SMILES string of the molecule is COc1cccc([C@@H](C)NC(C)C2CCN(C)CC2)c1. The lowest BCUT2D eigenvalue weighted by molar-refractivity contribution is 0.185. The second-order valence-corrected chi connectivity index (χ2v) is 6.09. The van der Waals surface area contributed by atoms with E-state index >= 15 is 0 Å². The van der Waals surface area contributed by atoms with Gasteiger partial charge in [0.05, 0.1) is 7.11 Å². The topological polar surface area (TPSA) is 24.5 Å². The number of rotatable bonds is 5. The molecule has 3 nitrogen and oxygen atoms in total. The van der Waals surface area contributed by atoms with Crippen molar-refractivity contribution in [1.82, 2.24) is 10.2 Å². The van der Waals surface area contributed by atoms with Crippen LogP contribution in [0.15, 0.2) is 24.3 Å². The number of benzene rings is 1. The summed E-state index contributed by atoms with van der Waals surface area (Å²) in [5.41, 5.74) is 1.30. The molecule has 1 aliphatic heterocycles. The zero-order valence-corrected chi connectivity index (χ0v) is 13.2. The molecule has 0 amide bonds. The molecule has 2 rings (SSSR count). The maximum atomic E-state index is 5.30. The Morgan fingerprint density at radius 1 is 1.25 bits per heavy atom. The zero-order chi connectivity index (χ0) is 14.5. The Bertz CT molecular complexity index is 413. The first-order chi connectivity index (χ1) is 9.60. The van der Waals surface area contributed by atoms with Crippen LogP contribution >= 0.6 is 0 Å². The summed E-state index contributed by atoms with van der Waals surface area (Å²) in [6.07, 6.45) is 2.60. The predicted octanol–water partition coefficient (Wildman–Crippen LogP) is 3.08. The number of likely N-dealkylation sites (tertiary alicyclic amines) is 1. The van der Waals surface area contributed by atoms with Crippen molar-refractivity contribution in [3.63, 3.8) is 0 Å². The quantitative estimate of drug-likeness (QED) is 0.894. The molecule has 2 atom stereocenters. The maximum Gasteiger partial charge on any atom is 0.119 e. The fourth-order valence-electron chi connectivity index (χ4n) is 3.07. The minimum Gasteiger partial charge on any atom is -0.497 e. The standard InChI is InChI=1S/C17H28N2O/c1-13(15-8-10-19(3)11-9-15)18-14(2)16-6-5-7-17(12-16)20-4/h5-7,12-15,18H,8-11H2,1-4H3/t13?,14-/m1/s1. The van der Waals surface area contributed by atoms with E-state index in [0.717, 1.165) is 11.7 Å². The summed E-state index contributed by atoms with van der Waals surface area (Å²) in [7, 11) is 3.94.